The first-order valence-corrected chi connectivity index (χ1v) is 7.07. The van der Waals surface area contributed by atoms with Crippen molar-refractivity contribution in [1.29, 1.82) is 0 Å². The van der Waals surface area contributed by atoms with Crippen molar-refractivity contribution in [1.82, 2.24) is 20.0 Å². The lowest BCUT2D eigenvalue weighted by Gasteiger charge is -1.96. The van der Waals surface area contributed by atoms with Crippen molar-refractivity contribution in [2.24, 2.45) is 6.98 Å². The zero-order chi connectivity index (χ0) is 29.9. The molecular weight excluding hydrogens is 324 g/mol. The summed E-state index contributed by atoms with van der Waals surface area (Å²) in [5.41, 5.74) is -1.07. The number of rotatable bonds is 6. The molecule has 0 saturated carbocycles. The average Bonchev–Trinajstić information content (AvgIpc) is 3.40. The molecule has 0 aliphatic heterocycles. The minimum atomic E-state index is -3.04. The molecular formula is C17H26N4O4. The van der Waals surface area contributed by atoms with Crippen molar-refractivity contribution in [3.63, 3.8) is 0 Å². The maximum absolute atomic E-state index is 11.7. The van der Waals surface area contributed by atoms with Crippen molar-refractivity contribution in [3.8, 4) is 0 Å². The van der Waals surface area contributed by atoms with Crippen molar-refractivity contribution < 1.29 is 36.9 Å². The van der Waals surface area contributed by atoms with Crippen LogP contribution in [0.3, 0.4) is 0 Å². The quantitative estimate of drug-likeness (QED) is 0.791. The fourth-order valence-corrected chi connectivity index (χ4v) is 1.61. The number of methoxy groups -OCH3 is 2. The number of aromatic nitrogens is 4. The molecule has 2 aromatic heterocycles. The van der Waals surface area contributed by atoms with Gasteiger partial charge in [-0.2, -0.15) is 10.2 Å². The van der Waals surface area contributed by atoms with E-state index in [-0.39, 0.29) is 29.9 Å². The first-order valence-electron chi connectivity index (χ1n) is 13.6. The van der Waals surface area contributed by atoms with Gasteiger partial charge in [0.15, 0.2) is 5.69 Å². The first kappa shape index (κ1) is 8.16. The Morgan fingerprint density at radius 2 is 1.92 bits per heavy atom. The van der Waals surface area contributed by atoms with Gasteiger partial charge in [0.25, 0.3) is 0 Å². The molecule has 138 valence electrons. The van der Waals surface area contributed by atoms with E-state index in [0.29, 0.717) is 4.68 Å². The lowest BCUT2D eigenvalue weighted by Crippen LogP contribution is -2.07. The van der Waals surface area contributed by atoms with E-state index in [2.05, 4.69) is 24.8 Å². The summed E-state index contributed by atoms with van der Waals surface area (Å²) >= 11 is 0. The van der Waals surface area contributed by atoms with E-state index in [0.717, 1.165) is 12.1 Å². The molecule has 0 aliphatic rings. The second kappa shape index (κ2) is 10.3. The molecule has 0 amide bonds. The molecule has 2 heterocycles. The number of carbonyl (C=O) groups is 2. The number of ether oxygens (including phenoxy) is 2. The third kappa shape index (κ3) is 6.06. The number of carbonyl (C=O) groups excluding carboxylic acids is 2. The number of aryl methyl sites for hydroxylation is 3. The molecule has 0 atom stereocenters. The van der Waals surface area contributed by atoms with Gasteiger partial charge in [-0.3, -0.25) is 9.78 Å². The van der Waals surface area contributed by atoms with E-state index < -0.39 is 51.4 Å². The Labute approximate surface area is 165 Å². The van der Waals surface area contributed by atoms with Crippen LogP contribution >= 0.6 is 0 Å². The fraction of sp³-hybridized carbons (Fsp3) is 0.529. The van der Waals surface area contributed by atoms with Crippen LogP contribution in [0.4, 0.5) is 0 Å². The number of esters is 2. The monoisotopic (exact) mass is 363 g/mol. The van der Waals surface area contributed by atoms with Crippen LogP contribution < -0.4 is 0 Å². The molecule has 0 radical (unpaired) electrons. The normalized spacial score (nSPS) is 20.3. The highest BCUT2D eigenvalue weighted by Gasteiger charge is 2.12. The summed E-state index contributed by atoms with van der Waals surface area (Å²) in [7, 11) is -5.87. The highest BCUT2D eigenvalue weighted by Crippen LogP contribution is 2.06. The molecule has 8 nitrogen and oxygen atoms in total. The highest BCUT2D eigenvalue weighted by atomic mass is 16.5. The minimum absolute atomic E-state index is 0.00122. The van der Waals surface area contributed by atoms with E-state index in [1.165, 1.54) is 6.92 Å². The Bertz CT molecular complexity index is 1120. The van der Waals surface area contributed by atoms with Crippen LogP contribution in [0.2, 0.25) is 0 Å². The van der Waals surface area contributed by atoms with Crippen LogP contribution in [0.5, 0.6) is 0 Å². The van der Waals surface area contributed by atoms with Gasteiger partial charge in [0, 0.05) is 22.3 Å². The second-order valence-electron chi connectivity index (χ2n) is 4.33. The molecule has 25 heavy (non-hydrogen) atoms. The SMILES string of the molecule is [2H]C([2H])([2H])OC(=O)c1cc(C([2H])([2H])CC)[nH]n1.[2H]C([2H])([2H])OC(=O)c1cc(C([2H])([2H])CC)nn1C([2H])([2H])[2H]. The Morgan fingerprint density at radius 3 is 2.56 bits per heavy atom. The van der Waals surface area contributed by atoms with E-state index >= 15 is 0 Å². The molecule has 0 unspecified atom stereocenters. The lowest BCUT2D eigenvalue weighted by molar-refractivity contribution is 0.0582. The van der Waals surface area contributed by atoms with Crippen molar-refractivity contribution in [3.05, 3.63) is 34.9 Å². The van der Waals surface area contributed by atoms with Gasteiger partial charge >= 0.3 is 11.9 Å². The number of nitrogens with zero attached hydrogens (tertiary/aromatic N) is 3. The zero-order valence-corrected chi connectivity index (χ0v) is 13.5. The number of hydrogen-bond donors (Lipinski definition) is 1. The van der Waals surface area contributed by atoms with Crippen molar-refractivity contribution >= 4 is 11.9 Å². The van der Waals surface area contributed by atoms with Crippen LogP contribution in [0.25, 0.3) is 0 Å². The molecule has 8 heteroatoms. The van der Waals surface area contributed by atoms with Crippen molar-refractivity contribution in [2.75, 3.05) is 14.1 Å². The van der Waals surface area contributed by atoms with Gasteiger partial charge in [-0.1, -0.05) is 26.7 Å². The number of H-pyrrole nitrogens is 1. The number of aromatic amines is 1. The lowest BCUT2D eigenvalue weighted by atomic mass is 10.2. The van der Waals surface area contributed by atoms with Gasteiger partial charge in [0.2, 0.25) is 0 Å². The predicted octanol–water partition coefficient (Wildman–Crippen LogP) is 2.31. The van der Waals surface area contributed by atoms with E-state index in [4.69, 9.17) is 17.8 Å². The van der Waals surface area contributed by atoms with Crippen LogP contribution in [0.1, 0.15) is 76.9 Å². The standard InChI is InChI=1S/C9H14N2O2.C8H12N2O2/c1-4-5-7-6-8(9(12)13-3)11(2)10-7;1-3-4-6-5-7(10-9-6)8(11)12-2/h6H,4-5H2,1-3H3;5H,3-4H2,1-2H3,(H,9,10)/i2D3,3D3,5D2;2D3,4D2. The summed E-state index contributed by atoms with van der Waals surface area (Å²) < 4.78 is 102. The molecule has 1 N–H and O–H groups in total. The summed E-state index contributed by atoms with van der Waals surface area (Å²) in [6.45, 7) is 0.293. The first-order chi connectivity index (χ1) is 16.9. The van der Waals surface area contributed by atoms with Gasteiger partial charge in [0.05, 0.1) is 28.0 Å². The summed E-state index contributed by atoms with van der Waals surface area (Å²) in [4.78, 5) is 23.0. The largest absolute Gasteiger partial charge is 0.464 e. The Balaban J connectivity index is 0.000000389. The summed E-state index contributed by atoms with van der Waals surface area (Å²) in [5.74, 6) is -2.52. The van der Waals surface area contributed by atoms with E-state index in [1.54, 1.807) is 6.92 Å². The maximum atomic E-state index is 11.7. The Hall–Kier alpha value is -2.64. The van der Waals surface area contributed by atoms with Crippen LogP contribution in [0, 0.1) is 0 Å². The Kier molecular flexibility index (Phi) is 3.35. The van der Waals surface area contributed by atoms with Crippen LogP contribution in [-0.2, 0) is 29.2 Å². The molecule has 0 aliphatic carbocycles. The smallest absolute Gasteiger partial charge is 0.358 e. The zero-order valence-electron chi connectivity index (χ0n) is 26.5. The van der Waals surface area contributed by atoms with Crippen molar-refractivity contribution in [2.45, 2.75) is 39.4 Å². The minimum Gasteiger partial charge on any atom is -0.464 e. The van der Waals surface area contributed by atoms with E-state index in [9.17, 15) is 9.59 Å². The second-order valence-corrected chi connectivity index (χ2v) is 4.33. The fourth-order valence-electron chi connectivity index (χ4n) is 1.61. The topological polar surface area (TPSA) is 99.1 Å². The third-order valence-electron chi connectivity index (χ3n) is 2.62. The summed E-state index contributed by atoms with van der Waals surface area (Å²) in [5, 5.41) is 9.45. The molecule has 0 saturated heterocycles. The maximum Gasteiger partial charge on any atom is 0.358 e. The van der Waals surface area contributed by atoms with Crippen LogP contribution in [-0.4, -0.2) is 46.0 Å². The van der Waals surface area contributed by atoms with Crippen LogP contribution in [0.15, 0.2) is 12.1 Å². The van der Waals surface area contributed by atoms with Gasteiger partial charge in [-0.25, -0.2) is 9.59 Å². The molecule has 2 aromatic rings. The van der Waals surface area contributed by atoms with Gasteiger partial charge in [0.1, 0.15) is 5.69 Å². The number of hydrogen-bond acceptors (Lipinski definition) is 6. The predicted molar refractivity (Wildman–Crippen MR) is 92.5 cm³/mol. The highest BCUT2D eigenvalue weighted by molar-refractivity contribution is 5.87. The van der Waals surface area contributed by atoms with E-state index in [1.807, 2.05) is 0 Å². The molecule has 0 fully saturated rings. The summed E-state index contributed by atoms with van der Waals surface area (Å²) in [6, 6.07) is 2.04. The summed E-state index contributed by atoms with van der Waals surface area (Å²) in [6.07, 6.45) is -3.40. The van der Waals surface area contributed by atoms with Gasteiger partial charge in [-0.15, -0.1) is 0 Å². The molecule has 0 spiro atoms. The molecule has 0 bridgehead atoms. The van der Waals surface area contributed by atoms with Gasteiger partial charge in [-0.05, 0) is 24.9 Å². The van der Waals surface area contributed by atoms with Gasteiger partial charge < -0.3 is 9.47 Å². The average molecular weight is 363 g/mol. The third-order valence-corrected chi connectivity index (χ3v) is 2.62. The Morgan fingerprint density at radius 1 is 1.20 bits per heavy atom. The molecule has 2 rings (SSSR count). The number of nitrogens with one attached hydrogen (secondary N) is 1. The molecule has 0 aromatic carbocycles.